The van der Waals surface area contributed by atoms with Crippen LogP contribution in [-0.4, -0.2) is 24.2 Å². The second-order valence-corrected chi connectivity index (χ2v) is 2.98. The van der Waals surface area contributed by atoms with Gasteiger partial charge in [0.2, 0.25) is 0 Å². The van der Waals surface area contributed by atoms with E-state index in [9.17, 15) is 39.9 Å². The molecule has 0 rings (SSSR count). The first-order valence-electron chi connectivity index (χ1n) is 4.31. The molecule has 0 aromatic rings. The molecule has 106 valence electrons. The summed E-state index contributed by atoms with van der Waals surface area (Å²) < 4.78 is 101. The zero-order valence-corrected chi connectivity index (χ0v) is 8.62. The number of hydrogen-bond donors (Lipinski definition) is 0. The van der Waals surface area contributed by atoms with Gasteiger partial charge in [0, 0.05) is 0 Å². The van der Waals surface area contributed by atoms with E-state index in [-0.39, 0.29) is 0 Å². The first-order chi connectivity index (χ1) is 7.97. The third-order valence-corrected chi connectivity index (χ3v) is 1.71. The molecule has 1 atom stereocenters. The molecule has 0 aromatic carbocycles. The summed E-state index contributed by atoms with van der Waals surface area (Å²) in [5, 5.41) is 0. The van der Waals surface area contributed by atoms with Crippen LogP contribution in [0.1, 0.15) is 13.3 Å². The number of rotatable bonds is 5. The predicted octanol–water partition coefficient (Wildman–Crippen LogP) is 3.58. The third-order valence-electron chi connectivity index (χ3n) is 1.71. The Morgan fingerprint density at radius 3 is 1.94 bits per heavy atom. The van der Waals surface area contributed by atoms with Gasteiger partial charge in [-0.15, -0.1) is 0 Å². The van der Waals surface area contributed by atoms with E-state index in [2.05, 4.69) is 4.74 Å². The maximum atomic E-state index is 12.7. The number of esters is 1. The van der Waals surface area contributed by atoms with Gasteiger partial charge < -0.3 is 4.74 Å². The zero-order valence-electron chi connectivity index (χ0n) is 8.62. The molecule has 0 N–H and O–H groups in total. The summed E-state index contributed by atoms with van der Waals surface area (Å²) in [7, 11) is 0. The third kappa shape index (κ3) is 3.33. The highest BCUT2D eigenvalue weighted by Gasteiger charge is 2.65. The molecule has 0 aliphatic heterocycles. The number of carbonyl (C=O) groups excluding carboxylic acids is 1. The Labute approximate surface area is 95.2 Å². The van der Waals surface area contributed by atoms with Gasteiger partial charge in [-0.1, -0.05) is 6.92 Å². The van der Waals surface area contributed by atoms with Crippen LogP contribution in [-0.2, 0) is 9.53 Å². The van der Waals surface area contributed by atoms with Crippen LogP contribution in [0.4, 0.5) is 35.1 Å². The largest absolute Gasteiger partial charge is 0.469 e. The number of halogens is 8. The van der Waals surface area contributed by atoms with E-state index in [1.807, 2.05) is 0 Å². The Kier molecular flexibility index (Phi) is 5.11. The lowest BCUT2D eigenvalue weighted by molar-refractivity contribution is -0.345. The molecule has 18 heavy (non-hydrogen) atoms. The van der Waals surface area contributed by atoms with E-state index < -0.39 is 42.5 Å². The molecule has 0 fully saturated rings. The van der Waals surface area contributed by atoms with Crippen LogP contribution in [0.5, 0.6) is 0 Å². The van der Waals surface area contributed by atoms with Crippen molar-refractivity contribution in [2.45, 2.75) is 31.5 Å². The van der Waals surface area contributed by atoms with Crippen LogP contribution < -0.4 is 0 Å². The van der Waals surface area contributed by atoms with E-state index in [0.29, 0.717) is 0 Å². The molecule has 0 heterocycles. The topological polar surface area (TPSA) is 26.3 Å². The standard InChI is InChI=1S/C8H6F8O2/c1-2-3(9)7(13,14)8(15,16)18-6(17)4(10)5(11)12/h3H,2H2,1H3. The quantitative estimate of drug-likeness (QED) is 0.438. The molecule has 1 unspecified atom stereocenters. The lowest BCUT2D eigenvalue weighted by atomic mass is 10.1. The highest BCUT2D eigenvalue weighted by molar-refractivity contribution is 5.86. The second-order valence-electron chi connectivity index (χ2n) is 2.98. The van der Waals surface area contributed by atoms with Gasteiger partial charge in [0.05, 0.1) is 0 Å². The summed E-state index contributed by atoms with van der Waals surface area (Å²) in [4.78, 5) is 10.3. The van der Waals surface area contributed by atoms with Gasteiger partial charge in [0.25, 0.3) is 5.83 Å². The molecule has 0 spiro atoms. The van der Waals surface area contributed by atoms with E-state index in [1.165, 1.54) is 0 Å². The van der Waals surface area contributed by atoms with Crippen molar-refractivity contribution >= 4 is 5.97 Å². The van der Waals surface area contributed by atoms with Gasteiger partial charge in [-0.2, -0.15) is 30.7 Å². The molecule has 0 aliphatic carbocycles. The van der Waals surface area contributed by atoms with Crippen molar-refractivity contribution in [2.24, 2.45) is 0 Å². The predicted molar refractivity (Wildman–Crippen MR) is 41.5 cm³/mol. The molecule has 0 aliphatic rings. The molecule has 2 nitrogen and oxygen atoms in total. The normalized spacial score (nSPS) is 14.1. The van der Waals surface area contributed by atoms with Crippen LogP contribution in [0.3, 0.4) is 0 Å². The monoisotopic (exact) mass is 286 g/mol. The molecule has 0 radical (unpaired) electrons. The highest BCUT2D eigenvalue weighted by atomic mass is 19.3. The van der Waals surface area contributed by atoms with Crippen molar-refractivity contribution in [3.05, 3.63) is 11.9 Å². The first kappa shape index (κ1) is 16.6. The number of carbonyl (C=O) groups is 1. The highest BCUT2D eigenvalue weighted by Crippen LogP contribution is 2.41. The molecular weight excluding hydrogens is 280 g/mol. The summed E-state index contributed by atoms with van der Waals surface area (Å²) in [6.45, 7) is 0.790. The average molecular weight is 286 g/mol. The van der Waals surface area contributed by atoms with Gasteiger partial charge in [0.15, 0.2) is 6.17 Å². The number of alkyl halides is 5. The summed E-state index contributed by atoms with van der Waals surface area (Å²) in [6, 6.07) is 0. The van der Waals surface area contributed by atoms with Gasteiger partial charge >= 0.3 is 24.1 Å². The van der Waals surface area contributed by atoms with Gasteiger partial charge in [-0.3, -0.25) is 0 Å². The lowest BCUT2D eigenvalue weighted by Crippen LogP contribution is -2.50. The Bertz CT molecular complexity index is 347. The summed E-state index contributed by atoms with van der Waals surface area (Å²) >= 11 is 0. The maximum Gasteiger partial charge on any atom is 0.469 e. The first-order valence-corrected chi connectivity index (χ1v) is 4.31. The van der Waals surface area contributed by atoms with Crippen LogP contribution >= 0.6 is 0 Å². The Balaban J connectivity index is 5.08. The zero-order chi connectivity index (χ0) is 14.7. The molecule has 0 amide bonds. The molecule has 0 saturated heterocycles. The second kappa shape index (κ2) is 5.53. The lowest BCUT2D eigenvalue weighted by Gasteiger charge is -2.27. The smallest absolute Gasteiger partial charge is 0.391 e. The molecule has 10 heteroatoms. The van der Waals surface area contributed by atoms with E-state index in [0.717, 1.165) is 6.92 Å². The fourth-order valence-electron chi connectivity index (χ4n) is 0.745. The Morgan fingerprint density at radius 2 is 1.61 bits per heavy atom. The van der Waals surface area contributed by atoms with Crippen LogP contribution in [0.15, 0.2) is 11.9 Å². The van der Waals surface area contributed by atoms with E-state index in [1.54, 1.807) is 0 Å². The Morgan fingerprint density at radius 1 is 1.17 bits per heavy atom. The van der Waals surface area contributed by atoms with Gasteiger partial charge in [-0.25, -0.2) is 9.18 Å². The van der Waals surface area contributed by atoms with Gasteiger partial charge in [-0.05, 0) is 6.42 Å². The fourth-order valence-corrected chi connectivity index (χ4v) is 0.745. The van der Waals surface area contributed by atoms with Crippen molar-refractivity contribution in [3.8, 4) is 0 Å². The van der Waals surface area contributed by atoms with Gasteiger partial charge in [0.1, 0.15) is 0 Å². The van der Waals surface area contributed by atoms with Crippen LogP contribution in [0.25, 0.3) is 0 Å². The molecule has 0 aromatic heterocycles. The van der Waals surface area contributed by atoms with Crippen molar-refractivity contribution in [2.75, 3.05) is 0 Å². The fraction of sp³-hybridized carbons (Fsp3) is 0.625. The van der Waals surface area contributed by atoms with Crippen molar-refractivity contribution < 1.29 is 44.7 Å². The average Bonchev–Trinajstić information content (AvgIpc) is 2.25. The van der Waals surface area contributed by atoms with Crippen LogP contribution in [0.2, 0.25) is 0 Å². The minimum absolute atomic E-state index is 0.790. The summed E-state index contributed by atoms with van der Waals surface area (Å²) in [6.07, 6.45) is -13.5. The van der Waals surface area contributed by atoms with Crippen LogP contribution in [0, 0.1) is 0 Å². The van der Waals surface area contributed by atoms with Crippen molar-refractivity contribution in [1.29, 1.82) is 0 Å². The van der Waals surface area contributed by atoms with E-state index in [4.69, 9.17) is 0 Å². The van der Waals surface area contributed by atoms with Crippen molar-refractivity contribution in [1.82, 2.24) is 0 Å². The van der Waals surface area contributed by atoms with Crippen molar-refractivity contribution in [3.63, 3.8) is 0 Å². The maximum absolute atomic E-state index is 12.7. The molecule has 0 saturated carbocycles. The minimum atomic E-state index is -5.76. The summed E-state index contributed by atoms with van der Waals surface area (Å²) in [5.41, 5.74) is 0. The van der Waals surface area contributed by atoms with E-state index >= 15 is 0 Å². The molecular formula is C8H6F8O2. The SMILES string of the molecule is CCC(F)C(F)(F)C(F)(F)OC(=O)C(F)=C(F)F. The minimum Gasteiger partial charge on any atom is -0.391 e. The summed E-state index contributed by atoms with van der Waals surface area (Å²) in [5.74, 6) is -11.5. The Hall–Kier alpha value is -1.35. The number of hydrogen-bond acceptors (Lipinski definition) is 2. The number of ether oxygens (including phenoxy) is 1. The molecule has 0 bridgehead atoms.